The molecular formula is C17H16O2. The third-order valence-electron chi connectivity index (χ3n) is 3.48. The summed E-state index contributed by atoms with van der Waals surface area (Å²) in [6.45, 7) is 3.71. The number of fused-ring (bicyclic) bond motifs is 3. The van der Waals surface area contributed by atoms with Gasteiger partial charge in [0.15, 0.2) is 6.10 Å². The first kappa shape index (κ1) is 12.0. The fraction of sp³-hybridized carbons (Fsp3) is 0.235. The van der Waals surface area contributed by atoms with E-state index in [4.69, 9.17) is 4.74 Å². The Bertz CT molecular complexity index is 583. The normalized spacial score (nSPS) is 13.2. The number of ether oxygens (including phenoxy) is 1. The van der Waals surface area contributed by atoms with Gasteiger partial charge in [0.05, 0.1) is 5.92 Å². The molecule has 0 atom stereocenters. The van der Waals surface area contributed by atoms with Gasteiger partial charge in [-0.2, -0.15) is 0 Å². The number of rotatable bonds is 2. The van der Waals surface area contributed by atoms with E-state index in [0.29, 0.717) is 0 Å². The average Bonchev–Trinajstić information content (AvgIpc) is 2.74. The van der Waals surface area contributed by atoms with Crippen LogP contribution in [0.4, 0.5) is 0 Å². The van der Waals surface area contributed by atoms with E-state index >= 15 is 0 Å². The zero-order valence-corrected chi connectivity index (χ0v) is 11.1. The molecule has 0 saturated carbocycles. The maximum Gasteiger partial charge on any atom is 0.309 e. The van der Waals surface area contributed by atoms with Crippen LogP contribution in [0.25, 0.3) is 11.1 Å². The Morgan fingerprint density at radius 1 is 0.947 bits per heavy atom. The number of carbonyl (C=O) groups is 1. The molecule has 0 spiro atoms. The van der Waals surface area contributed by atoms with E-state index < -0.39 is 0 Å². The first-order chi connectivity index (χ1) is 9.18. The highest BCUT2D eigenvalue weighted by molar-refractivity contribution is 5.80. The van der Waals surface area contributed by atoms with Crippen molar-refractivity contribution in [2.45, 2.75) is 20.0 Å². The Morgan fingerprint density at radius 2 is 1.42 bits per heavy atom. The van der Waals surface area contributed by atoms with E-state index in [0.717, 1.165) is 11.1 Å². The molecule has 1 aliphatic rings. The number of esters is 1. The molecule has 0 unspecified atom stereocenters. The van der Waals surface area contributed by atoms with Gasteiger partial charge in [-0.25, -0.2) is 0 Å². The molecule has 96 valence electrons. The molecule has 0 bridgehead atoms. The number of hydrogen-bond donors (Lipinski definition) is 0. The maximum atomic E-state index is 11.9. The van der Waals surface area contributed by atoms with E-state index in [-0.39, 0.29) is 18.0 Å². The summed E-state index contributed by atoms with van der Waals surface area (Å²) in [7, 11) is 0. The summed E-state index contributed by atoms with van der Waals surface area (Å²) in [5, 5.41) is 0. The Labute approximate surface area is 113 Å². The lowest BCUT2D eigenvalue weighted by molar-refractivity contribution is -0.151. The zero-order valence-electron chi connectivity index (χ0n) is 11.1. The average molecular weight is 252 g/mol. The van der Waals surface area contributed by atoms with Crippen LogP contribution in [-0.2, 0) is 9.53 Å². The summed E-state index contributed by atoms with van der Waals surface area (Å²) in [4.78, 5) is 11.9. The summed E-state index contributed by atoms with van der Waals surface area (Å²) in [6.07, 6.45) is -0.262. The Hall–Kier alpha value is -2.09. The third kappa shape index (κ3) is 1.93. The topological polar surface area (TPSA) is 26.3 Å². The second kappa shape index (κ2) is 4.54. The van der Waals surface area contributed by atoms with Crippen LogP contribution in [0.3, 0.4) is 0 Å². The first-order valence-electron chi connectivity index (χ1n) is 6.57. The highest BCUT2D eigenvalue weighted by atomic mass is 16.5. The molecule has 0 aliphatic heterocycles. The third-order valence-corrected chi connectivity index (χ3v) is 3.48. The van der Waals surface area contributed by atoms with Gasteiger partial charge in [0.2, 0.25) is 0 Å². The minimum absolute atomic E-state index is 0.111. The molecule has 19 heavy (non-hydrogen) atoms. The standard InChI is InChI=1S/C17H16O2/c1-11(2)17(18)19-16-14-9-5-3-7-12(14)13-8-4-6-10-15(13)16/h3-11,16H,1-2H3. The van der Waals surface area contributed by atoms with Gasteiger partial charge >= 0.3 is 5.97 Å². The lowest BCUT2D eigenvalue weighted by Crippen LogP contribution is -2.15. The number of hydrogen-bond acceptors (Lipinski definition) is 2. The van der Waals surface area contributed by atoms with Gasteiger partial charge in [0, 0.05) is 11.1 Å². The van der Waals surface area contributed by atoms with E-state index in [2.05, 4.69) is 12.1 Å². The van der Waals surface area contributed by atoms with Gasteiger partial charge in [0.25, 0.3) is 0 Å². The monoisotopic (exact) mass is 252 g/mol. The van der Waals surface area contributed by atoms with Crippen molar-refractivity contribution in [1.29, 1.82) is 0 Å². The van der Waals surface area contributed by atoms with E-state index in [1.807, 2.05) is 50.2 Å². The number of carbonyl (C=O) groups excluding carboxylic acids is 1. The SMILES string of the molecule is CC(C)C(=O)OC1c2ccccc2-c2ccccc21. The van der Waals surface area contributed by atoms with Gasteiger partial charge in [-0.3, -0.25) is 4.79 Å². The molecule has 0 amide bonds. The van der Waals surface area contributed by atoms with Crippen LogP contribution in [-0.4, -0.2) is 5.97 Å². The minimum Gasteiger partial charge on any atom is -0.452 e. The fourth-order valence-corrected chi connectivity index (χ4v) is 2.49. The summed E-state index contributed by atoms with van der Waals surface area (Å²) in [6, 6.07) is 16.2. The maximum absolute atomic E-state index is 11.9. The quantitative estimate of drug-likeness (QED) is 0.756. The molecule has 0 heterocycles. The van der Waals surface area contributed by atoms with Gasteiger partial charge in [-0.05, 0) is 11.1 Å². The van der Waals surface area contributed by atoms with Crippen molar-refractivity contribution in [1.82, 2.24) is 0 Å². The first-order valence-corrected chi connectivity index (χ1v) is 6.57. The summed E-state index contributed by atoms with van der Waals surface area (Å²) < 4.78 is 5.69. The molecule has 2 aromatic carbocycles. The van der Waals surface area contributed by atoms with Crippen LogP contribution < -0.4 is 0 Å². The summed E-state index contributed by atoms with van der Waals surface area (Å²) in [5.41, 5.74) is 4.50. The van der Waals surface area contributed by atoms with Gasteiger partial charge in [-0.1, -0.05) is 62.4 Å². The molecule has 0 aromatic heterocycles. The van der Waals surface area contributed by atoms with Crippen molar-refractivity contribution < 1.29 is 9.53 Å². The highest BCUT2D eigenvalue weighted by Crippen LogP contribution is 2.45. The van der Waals surface area contributed by atoms with Crippen molar-refractivity contribution in [3.05, 3.63) is 59.7 Å². The van der Waals surface area contributed by atoms with E-state index in [9.17, 15) is 4.79 Å². The molecule has 3 rings (SSSR count). The van der Waals surface area contributed by atoms with Crippen molar-refractivity contribution in [2.75, 3.05) is 0 Å². The summed E-state index contributed by atoms with van der Waals surface area (Å²) >= 11 is 0. The minimum atomic E-state index is -0.262. The molecule has 0 fully saturated rings. The van der Waals surface area contributed by atoms with Gasteiger partial charge in [-0.15, -0.1) is 0 Å². The predicted octanol–water partition coefficient (Wildman–Crippen LogP) is 3.96. The molecule has 0 radical (unpaired) electrons. The zero-order chi connectivity index (χ0) is 13.4. The van der Waals surface area contributed by atoms with Crippen LogP contribution in [0.2, 0.25) is 0 Å². The predicted molar refractivity (Wildman–Crippen MR) is 74.7 cm³/mol. The smallest absolute Gasteiger partial charge is 0.309 e. The Balaban J connectivity index is 2.07. The van der Waals surface area contributed by atoms with Crippen LogP contribution in [0.15, 0.2) is 48.5 Å². The number of benzene rings is 2. The molecule has 0 saturated heterocycles. The molecule has 2 heteroatoms. The van der Waals surface area contributed by atoms with Crippen molar-refractivity contribution >= 4 is 5.97 Å². The van der Waals surface area contributed by atoms with Crippen LogP contribution in [0.5, 0.6) is 0 Å². The largest absolute Gasteiger partial charge is 0.452 e. The molecule has 1 aliphatic carbocycles. The van der Waals surface area contributed by atoms with Gasteiger partial charge < -0.3 is 4.74 Å². The lowest BCUT2D eigenvalue weighted by Gasteiger charge is -2.16. The lowest BCUT2D eigenvalue weighted by atomic mass is 10.1. The van der Waals surface area contributed by atoms with E-state index in [1.165, 1.54) is 11.1 Å². The van der Waals surface area contributed by atoms with Crippen molar-refractivity contribution in [2.24, 2.45) is 5.92 Å². The van der Waals surface area contributed by atoms with Crippen LogP contribution in [0.1, 0.15) is 31.1 Å². The fourth-order valence-electron chi connectivity index (χ4n) is 2.49. The second-order valence-corrected chi connectivity index (χ2v) is 5.15. The van der Waals surface area contributed by atoms with Crippen LogP contribution >= 0.6 is 0 Å². The Kier molecular flexibility index (Phi) is 2.86. The highest BCUT2D eigenvalue weighted by Gasteiger charge is 2.31. The molecular weight excluding hydrogens is 236 g/mol. The Morgan fingerprint density at radius 3 is 1.89 bits per heavy atom. The van der Waals surface area contributed by atoms with E-state index in [1.54, 1.807) is 0 Å². The molecule has 2 nitrogen and oxygen atoms in total. The van der Waals surface area contributed by atoms with Crippen molar-refractivity contribution in [3.8, 4) is 11.1 Å². The van der Waals surface area contributed by atoms with Crippen molar-refractivity contribution in [3.63, 3.8) is 0 Å². The summed E-state index contributed by atoms with van der Waals surface area (Å²) in [5.74, 6) is -0.267. The molecule has 2 aromatic rings. The molecule has 0 N–H and O–H groups in total. The van der Waals surface area contributed by atoms with Gasteiger partial charge in [0.1, 0.15) is 0 Å². The second-order valence-electron chi connectivity index (χ2n) is 5.15. The van der Waals surface area contributed by atoms with Crippen LogP contribution in [0, 0.1) is 5.92 Å².